The normalized spacial score (nSPS) is 11.0. The molecule has 0 saturated heterocycles. The maximum atomic E-state index is 11.3. The quantitative estimate of drug-likeness (QED) is 0.818. The highest BCUT2D eigenvalue weighted by Crippen LogP contribution is 2.06. The first-order valence-corrected chi connectivity index (χ1v) is 5.37. The molecule has 0 bridgehead atoms. The minimum Gasteiger partial charge on any atom is -0.444 e. The van der Waals surface area contributed by atoms with Crippen LogP contribution in [-0.2, 0) is 11.2 Å². The summed E-state index contributed by atoms with van der Waals surface area (Å²) in [6, 6.07) is 0. The number of H-pyrrole nitrogens is 1. The SMILES string of the molecule is CC(C)(C)OC(=O)NCCc1cnc(=O)[nH]c1. The Morgan fingerprint density at radius 3 is 2.76 bits per heavy atom. The number of alkyl carbamates (subject to hydrolysis) is 1. The number of hydrogen-bond donors (Lipinski definition) is 2. The number of aromatic amines is 1. The van der Waals surface area contributed by atoms with Crippen molar-refractivity contribution in [2.75, 3.05) is 6.54 Å². The van der Waals surface area contributed by atoms with Crippen molar-refractivity contribution < 1.29 is 9.53 Å². The molecular weight excluding hydrogens is 222 g/mol. The molecule has 0 aromatic carbocycles. The molecule has 0 aliphatic heterocycles. The van der Waals surface area contributed by atoms with Crippen LogP contribution in [0.4, 0.5) is 4.79 Å². The third-order valence-corrected chi connectivity index (χ3v) is 1.81. The Bertz CT molecular complexity index is 414. The van der Waals surface area contributed by atoms with Gasteiger partial charge in [-0.1, -0.05) is 0 Å². The molecule has 1 rings (SSSR count). The number of amides is 1. The van der Waals surface area contributed by atoms with Gasteiger partial charge in [0.25, 0.3) is 0 Å². The lowest BCUT2D eigenvalue weighted by Gasteiger charge is -2.19. The van der Waals surface area contributed by atoms with Crippen LogP contribution in [0.25, 0.3) is 0 Å². The van der Waals surface area contributed by atoms with Crippen LogP contribution < -0.4 is 11.0 Å². The zero-order valence-electron chi connectivity index (χ0n) is 10.2. The predicted molar refractivity (Wildman–Crippen MR) is 62.8 cm³/mol. The van der Waals surface area contributed by atoms with E-state index in [1.165, 1.54) is 6.20 Å². The van der Waals surface area contributed by atoms with Crippen molar-refractivity contribution in [1.82, 2.24) is 15.3 Å². The van der Waals surface area contributed by atoms with Crippen molar-refractivity contribution in [3.63, 3.8) is 0 Å². The summed E-state index contributed by atoms with van der Waals surface area (Å²) in [7, 11) is 0. The van der Waals surface area contributed by atoms with Crippen LogP contribution in [0, 0.1) is 0 Å². The molecule has 94 valence electrons. The van der Waals surface area contributed by atoms with Crippen LogP contribution >= 0.6 is 0 Å². The highest BCUT2D eigenvalue weighted by Gasteiger charge is 2.15. The first-order chi connectivity index (χ1) is 7.87. The average Bonchev–Trinajstić information content (AvgIpc) is 2.18. The Morgan fingerprint density at radius 2 is 2.24 bits per heavy atom. The summed E-state index contributed by atoms with van der Waals surface area (Å²) in [5.74, 6) is 0. The highest BCUT2D eigenvalue weighted by molar-refractivity contribution is 5.67. The van der Waals surface area contributed by atoms with E-state index in [0.29, 0.717) is 13.0 Å². The van der Waals surface area contributed by atoms with Gasteiger partial charge >= 0.3 is 11.8 Å². The zero-order valence-corrected chi connectivity index (χ0v) is 10.2. The first-order valence-electron chi connectivity index (χ1n) is 5.37. The lowest BCUT2D eigenvalue weighted by Crippen LogP contribution is -2.33. The molecule has 6 heteroatoms. The zero-order chi connectivity index (χ0) is 12.9. The molecule has 0 fully saturated rings. The minimum absolute atomic E-state index is 0.381. The molecule has 0 aliphatic rings. The fraction of sp³-hybridized carbons (Fsp3) is 0.545. The summed E-state index contributed by atoms with van der Waals surface area (Å²) in [6.45, 7) is 5.85. The van der Waals surface area contributed by atoms with E-state index in [1.54, 1.807) is 27.0 Å². The number of carbonyl (C=O) groups excluding carboxylic acids is 1. The Balaban J connectivity index is 2.31. The summed E-state index contributed by atoms with van der Waals surface area (Å²) in [5.41, 5.74) is -0.0293. The molecule has 0 spiro atoms. The molecule has 0 saturated carbocycles. The maximum absolute atomic E-state index is 11.3. The van der Waals surface area contributed by atoms with Crippen molar-refractivity contribution in [1.29, 1.82) is 0 Å². The van der Waals surface area contributed by atoms with Gasteiger partial charge in [0.2, 0.25) is 0 Å². The van der Waals surface area contributed by atoms with E-state index in [2.05, 4.69) is 15.3 Å². The van der Waals surface area contributed by atoms with E-state index < -0.39 is 11.7 Å². The monoisotopic (exact) mass is 239 g/mol. The van der Waals surface area contributed by atoms with Crippen LogP contribution in [0.5, 0.6) is 0 Å². The van der Waals surface area contributed by atoms with Crippen molar-refractivity contribution in [3.8, 4) is 0 Å². The second kappa shape index (κ2) is 5.47. The second-order valence-corrected chi connectivity index (χ2v) is 4.61. The number of ether oxygens (including phenoxy) is 1. The molecule has 0 radical (unpaired) electrons. The third-order valence-electron chi connectivity index (χ3n) is 1.81. The van der Waals surface area contributed by atoms with Gasteiger partial charge in [-0.3, -0.25) is 0 Å². The van der Waals surface area contributed by atoms with E-state index >= 15 is 0 Å². The van der Waals surface area contributed by atoms with E-state index in [0.717, 1.165) is 5.56 Å². The molecule has 0 aliphatic carbocycles. The standard InChI is InChI=1S/C11H17N3O3/c1-11(2,3)17-10(16)12-5-4-8-6-13-9(15)14-7-8/h6-7H,4-5H2,1-3H3,(H,12,16)(H,13,14,15). The Morgan fingerprint density at radius 1 is 1.53 bits per heavy atom. The van der Waals surface area contributed by atoms with E-state index in [9.17, 15) is 9.59 Å². The fourth-order valence-corrected chi connectivity index (χ4v) is 1.13. The Hall–Kier alpha value is -1.85. The van der Waals surface area contributed by atoms with Gasteiger partial charge in [-0.2, -0.15) is 0 Å². The lowest BCUT2D eigenvalue weighted by atomic mass is 10.2. The number of hydrogen-bond acceptors (Lipinski definition) is 4. The molecule has 1 aromatic rings. The average molecular weight is 239 g/mol. The van der Waals surface area contributed by atoms with Gasteiger partial charge in [0, 0.05) is 18.9 Å². The molecule has 1 heterocycles. The van der Waals surface area contributed by atoms with Crippen molar-refractivity contribution in [2.45, 2.75) is 32.8 Å². The van der Waals surface area contributed by atoms with Crippen molar-refractivity contribution in [3.05, 3.63) is 28.4 Å². The molecule has 6 nitrogen and oxygen atoms in total. The van der Waals surface area contributed by atoms with Crippen molar-refractivity contribution >= 4 is 6.09 Å². The third kappa shape index (κ3) is 5.70. The molecular formula is C11H17N3O3. The predicted octanol–water partition coefficient (Wildman–Crippen LogP) is 0.837. The number of rotatable bonds is 3. The molecule has 1 aromatic heterocycles. The van der Waals surface area contributed by atoms with Crippen LogP contribution in [0.1, 0.15) is 26.3 Å². The number of nitrogens with one attached hydrogen (secondary N) is 2. The van der Waals surface area contributed by atoms with Crippen LogP contribution in [-0.4, -0.2) is 28.2 Å². The topological polar surface area (TPSA) is 84.1 Å². The molecule has 2 N–H and O–H groups in total. The number of carbonyl (C=O) groups is 1. The van der Waals surface area contributed by atoms with Gasteiger partial charge in [0.05, 0.1) is 0 Å². The number of nitrogens with zero attached hydrogens (tertiary/aromatic N) is 1. The van der Waals surface area contributed by atoms with Gasteiger partial charge in [0.15, 0.2) is 0 Å². The first kappa shape index (κ1) is 13.2. The van der Waals surface area contributed by atoms with Gasteiger partial charge in [-0.15, -0.1) is 0 Å². The number of aromatic nitrogens is 2. The Kier molecular flexibility index (Phi) is 4.25. The van der Waals surface area contributed by atoms with Crippen LogP contribution in [0.15, 0.2) is 17.2 Å². The van der Waals surface area contributed by atoms with E-state index in [1.807, 2.05) is 0 Å². The van der Waals surface area contributed by atoms with E-state index in [-0.39, 0.29) is 5.69 Å². The van der Waals surface area contributed by atoms with Gasteiger partial charge in [-0.05, 0) is 32.8 Å². The minimum atomic E-state index is -0.496. The van der Waals surface area contributed by atoms with Crippen LogP contribution in [0.2, 0.25) is 0 Å². The summed E-state index contributed by atoms with van der Waals surface area (Å²) in [4.78, 5) is 28.0. The largest absolute Gasteiger partial charge is 0.444 e. The molecule has 1 amide bonds. The van der Waals surface area contributed by atoms with Gasteiger partial charge < -0.3 is 15.0 Å². The molecule has 0 atom stereocenters. The maximum Gasteiger partial charge on any atom is 0.407 e. The second-order valence-electron chi connectivity index (χ2n) is 4.61. The highest BCUT2D eigenvalue weighted by atomic mass is 16.6. The van der Waals surface area contributed by atoms with Crippen LogP contribution in [0.3, 0.4) is 0 Å². The lowest BCUT2D eigenvalue weighted by molar-refractivity contribution is 0.0528. The molecule has 0 unspecified atom stereocenters. The molecule has 17 heavy (non-hydrogen) atoms. The summed E-state index contributed by atoms with van der Waals surface area (Å²) < 4.78 is 5.07. The fourth-order valence-electron chi connectivity index (χ4n) is 1.13. The Labute approximate surface area is 99.4 Å². The van der Waals surface area contributed by atoms with Gasteiger partial charge in [0.1, 0.15) is 5.60 Å². The summed E-state index contributed by atoms with van der Waals surface area (Å²) in [5, 5.41) is 2.62. The van der Waals surface area contributed by atoms with E-state index in [4.69, 9.17) is 4.74 Å². The summed E-state index contributed by atoms with van der Waals surface area (Å²) >= 11 is 0. The van der Waals surface area contributed by atoms with Gasteiger partial charge in [-0.25, -0.2) is 14.6 Å². The summed E-state index contributed by atoms with van der Waals surface area (Å²) in [6.07, 6.45) is 3.19. The van der Waals surface area contributed by atoms with Crippen molar-refractivity contribution in [2.24, 2.45) is 0 Å². The smallest absolute Gasteiger partial charge is 0.407 e.